The van der Waals surface area contributed by atoms with E-state index in [1.807, 2.05) is 34.9 Å². The molecule has 4 nitrogen and oxygen atoms in total. The molecule has 2 aliphatic heterocycles. The molecule has 2 unspecified atom stereocenters. The molecule has 0 bridgehead atoms. The topological polar surface area (TPSA) is 26.8 Å². The summed E-state index contributed by atoms with van der Waals surface area (Å²) in [5, 5.41) is 0.273. The van der Waals surface area contributed by atoms with Gasteiger partial charge >= 0.3 is 0 Å². The largest absolute Gasteiger partial charge is 0.302 e. The average Bonchev–Trinajstić information content (AvgIpc) is 2.78. The lowest BCUT2D eigenvalue weighted by molar-refractivity contribution is -0.116. The number of anilines is 1. The van der Waals surface area contributed by atoms with Crippen molar-refractivity contribution in [2.24, 2.45) is 0 Å². The lowest BCUT2D eigenvalue weighted by Gasteiger charge is -2.54. The average molecular weight is 436 g/mol. The number of benzene rings is 2. The van der Waals surface area contributed by atoms with Crippen LogP contribution in [0.4, 0.5) is 5.69 Å². The lowest BCUT2D eigenvalue weighted by atomic mass is 10.0. The molecule has 0 saturated carbocycles. The van der Waals surface area contributed by atoms with Crippen molar-refractivity contribution in [1.82, 2.24) is 9.80 Å². The number of para-hydroxylation sites is 1. The van der Waals surface area contributed by atoms with Crippen molar-refractivity contribution in [2.75, 3.05) is 24.7 Å². The van der Waals surface area contributed by atoms with Gasteiger partial charge in [-0.25, -0.2) is 0 Å². The number of fused-ring (bicyclic) bond motifs is 2. The molecule has 6 heteroatoms. The Labute approximate surface area is 186 Å². The minimum Gasteiger partial charge on any atom is -0.302 e. The number of rotatable bonds is 4. The smallest absolute Gasteiger partial charge is 0.237 e. The zero-order valence-corrected chi connectivity index (χ0v) is 18.7. The predicted octanol–water partition coefficient (Wildman–Crippen LogP) is 4.58. The highest BCUT2D eigenvalue weighted by molar-refractivity contribution is 8.00. The number of amides is 1. The normalized spacial score (nSPS) is 28.0. The third-order valence-electron chi connectivity index (χ3n) is 5.93. The van der Waals surface area contributed by atoms with Crippen LogP contribution in [0.15, 0.2) is 83.8 Å². The Morgan fingerprint density at radius 2 is 1.67 bits per heavy atom. The Morgan fingerprint density at radius 3 is 2.47 bits per heavy atom. The van der Waals surface area contributed by atoms with Crippen molar-refractivity contribution in [3.05, 3.63) is 84.5 Å². The second-order valence-corrected chi connectivity index (χ2v) is 10.1. The SMILES string of the molecule is CN1C(SCC(=O)N2c3ccccc3SC3C=CC=CC32)N(C)C1c1ccccc1. The number of allylic oxidation sites excluding steroid dienone is 2. The Morgan fingerprint density at radius 1 is 0.967 bits per heavy atom. The predicted molar refractivity (Wildman–Crippen MR) is 127 cm³/mol. The van der Waals surface area contributed by atoms with Crippen LogP contribution in [0.1, 0.15) is 11.7 Å². The fourth-order valence-electron chi connectivity index (χ4n) is 4.57. The van der Waals surface area contributed by atoms with E-state index in [0.717, 1.165) is 5.69 Å². The van der Waals surface area contributed by atoms with Gasteiger partial charge in [-0.2, -0.15) is 0 Å². The van der Waals surface area contributed by atoms with Crippen molar-refractivity contribution < 1.29 is 4.79 Å². The highest BCUT2D eigenvalue weighted by Crippen LogP contribution is 2.45. The molecule has 2 atom stereocenters. The van der Waals surface area contributed by atoms with Crippen LogP contribution < -0.4 is 4.90 Å². The molecule has 0 spiro atoms. The molecule has 0 radical (unpaired) electrons. The van der Waals surface area contributed by atoms with E-state index < -0.39 is 0 Å². The second-order valence-electron chi connectivity index (χ2n) is 7.83. The quantitative estimate of drug-likeness (QED) is 0.701. The van der Waals surface area contributed by atoms with E-state index in [9.17, 15) is 4.79 Å². The first-order valence-corrected chi connectivity index (χ1v) is 12.1. The first-order chi connectivity index (χ1) is 14.6. The van der Waals surface area contributed by atoms with Gasteiger partial charge in [-0.15, -0.1) is 23.5 Å². The van der Waals surface area contributed by atoms with E-state index in [2.05, 4.69) is 84.6 Å². The maximum atomic E-state index is 13.4. The van der Waals surface area contributed by atoms with Crippen molar-refractivity contribution >= 4 is 35.1 Å². The molecule has 2 heterocycles. The van der Waals surface area contributed by atoms with Gasteiger partial charge in [0.1, 0.15) is 5.50 Å². The summed E-state index contributed by atoms with van der Waals surface area (Å²) in [6.07, 6.45) is 8.77. The molecule has 0 N–H and O–H groups in total. The van der Waals surface area contributed by atoms with E-state index in [4.69, 9.17) is 0 Å². The molecular formula is C24H25N3OS2. The summed E-state index contributed by atoms with van der Waals surface area (Å²) < 4.78 is 0. The van der Waals surface area contributed by atoms with Gasteiger partial charge in [0.25, 0.3) is 0 Å². The van der Waals surface area contributed by atoms with E-state index >= 15 is 0 Å². The highest BCUT2D eigenvalue weighted by Gasteiger charge is 2.43. The van der Waals surface area contributed by atoms with Crippen LogP contribution in [0.2, 0.25) is 0 Å². The van der Waals surface area contributed by atoms with Gasteiger partial charge < -0.3 is 4.90 Å². The maximum Gasteiger partial charge on any atom is 0.237 e. The molecule has 2 aromatic rings. The number of thioether (sulfide) groups is 2. The summed E-state index contributed by atoms with van der Waals surface area (Å²) in [5.74, 6) is 0.633. The van der Waals surface area contributed by atoms with Crippen LogP contribution in [0.5, 0.6) is 0 Å². The van der Waals surface area contributed by atoms with Crippen LogP contribution in [-0.4, -0.2) is 52.3 Å². The van der Waals surface area contributed by atoms with E-state index in [1.165, 1.54) is 10.5 Å². The summed E-state index contributed by atoms with van der Waals surface area (Å²) in [4.78, 5) is 21.3. The molecule has 1 aliphatic carbocycles. The number of hydrogen-bond donors (Lipinski definition) is 0. The molecule has 2 aromatic carbocycles. The summed E-state index contributed by atoms with van der Waals surface area (Å²) >= 11 is 3.55. The van der Waals surface area contributed by atoms with E-state index in [0.29, 0.717) is 5.75 Å². The first kappa shape index (κ1) is 19.9. The van der Waals surface area contributed by atoms with Gasteiger partial charge in [0.2, 0.25) is 5.91 Å². The number of carbonyl (C=O) groups excluding carboxylic acids is 1. The standard InChI is InChI=1S/C24H25N3OS2/c1-25-23(17-10-4-3-5-11-17)26(2)24(25)29-16-22(28)27-18-12-6-8-14-20(18)30-21-15-9-7-13-19(21)27/h3-15,18,20,23-24H,16H2,1-2H3. The summed E-state index contributed by atoms with van der Waals surface area (Å²) in [7, 11) is 4.27. The van der Waals surface area contributed by atoms with Crippen LogP contribution in [0.3, 0.4) is 0 Å². The van der Waals surface area contributed by atoms with E-state index in [1.54, 1.807) is 11.8 Å². The van der Waals surface area contributed by atoms with Gasteiger partial charge in [-0.3, -0.25) is 14.6 Å². The van der Waals surface area contributed by atoms with Gasteiger partial charge in [0.15, 0.2) is 0 Å². The molecule has 1 amide bonds. The zero-order valence-electron chi connectivity index (χ0n) is 17.1. The Kier molecular flexibility index (Phi) is 5.50. The Balaban J connectivity index is 1.30. The third-order valence-corrected chi connectivity index (χ3v) is 8.62. The molecule has 1 saturated heterocycles. The maximum absolute atomic E-state index is 13.4. The molecule has 30 heavy (non-hydrogen) atoms. The van der Waals surface area contributed by atoms with Gasteiger partial charge in [0, 0.05) is 4.90 Å². The third kappa shape index (κ3) is 3.42. The molecule has 3 aliphatic rings. The molecule has 0 aromatic heterocycles. The Bertz CT molecular complexity index is 983. The monoisotopic (exact) mass is 435 g/mol. The van der Waals surface area contributed by atoms with Crippen LogP contribution >= 0.6 is 23.5 Å². The highest BCUT2D eigenvalue weighted by atomic mass is 32.2. The van der Waals surface area contributed by atoms with Crippen LogP contribution in [0, 0.1) is 0 Å². The zero-order chi connectivity index (χ0) is 20.7. The fraction of sp³-hybridized carbons (Fsp3) is 0.292. The number of nitrogens with zero attached hydrogens (tertiary/aromatic N) is 3. The molecule has 1 fully saturated rings. The number of carbonyl (C=O) groups is 1. The summed E-state index contributed by atoms with van der Waals surface area (Å²) in [6, 6.07) is 18.9. The number of hydrogen-bond acceptors (Lipinski definition) is 5. The van der Waals surface area contributed by atoms with E-state index in [-0.39, 0.29) is 28.9 Å². The van der Waals surface area contributed by atoms with Crippen LogP contribution in [0.25, 0.3) is 0 Å². The lowest BCUT2D eigenvalue weighted by Crippen LogP contribution is -2.61. The first-order valence-electron chi connectivity index (χ1n) is 10.2. The van der Waals surface area contributed by atoms with Crippen molar-refractivity contribution in [3.63, 3.8) is 0 Å². The van der Waals surface area contributed by atoms with Gasteiger partial charge in [-0.1, -0.05) is 66.8 Å². The minimum atomic E-state index is 0.0805. The second kappa shape index (κ2) is 8.27. The van der Waals surface area contributed by atoms with Crippen molar-refractivity contribution in [1.29, 1.82) is 0 Å². The van der Waals surface area contributed by atoms with Gasteiger partial charge in [-0.05, 0) is 31.8 Å². The minimum absolute atomic E-state index is 0.0805. The van der Waals surface area contributed by atoms with Gasteiger partial charge in [0.05, 0.1) is 28.9 Å². The van der Waals surface area contributed by atoms with Crippen molar-refractivity contribution in [2.45, 2.75) is 27.9 Å². The van der Waals surface area contributed by atoms with Crippen LogP contribution in [-0.2, 0) is 4.79 Å². The summed E-state index contributed by atoms with van der Waals surface area (Å²) in [5.41, 5.74) is 2.52. The molecule has 5 rings (SSSR count). The fourth-order valence-corrected chi connectivity index (χ4v) is 6.96. The summed E-state index contributed by atoms with van der Waals surface area (Å²) in [6.45, 7) is 0. The molecular weight excluding hydrogens is 410 g/mol. The molecule has 154 valence electrons. The van der Waals surface area contributed by atoms with Crippen molar-refractivity contribution in [3.8, 4) is 0 Å². The Hall–Kier alpha value is -1.99.